The second-order valence-corrected chi connectivity index (χ2v) is 5.07. The fourth-order valence-electron chi connectivity index (χ4n) is 2.00. The van der Waals surface area contributed by atoms with E-state index in [1.54, 1.807) is 0 Å². The Bertz CT molecular complexity index is 323. The lowest BCUT2D eigenvalue weighted by Gasteiger charge is -2.12. The highest BCUT2D eigenvalue weighted by Gasteiger charge is 1.97. The van der Waals surface area contributed by atoms with Crippen LogP contribution in [0, 0.1) is 0 Å². The molecule has 0 unspecified atom stereocenters. The Kier molecular flexibility index (Phi) is 7.46. The third-order valence-electron chi connectivity index (χ3n) is 2.89. The van der Waals surface area contributed by atoms with E-state index >= 15 is 0 Å². The Morgan fingerprint density at radius 1 is 1.11 bits per heavy atom. The Morgan fingerprint density at radius 3 is 2.61 bits per heavy atom. The number of anilines is 1. The van der Waals surface area contributed by atoms with Crippen LogP contribution in [0.4, 0.5) is 5.69 Å². The summed E-state index contributed by atoms with van der Waals surface area (Å²) in [4.78, 5) is 2.19. The van der Waals surface area contributed by atoms with Gasteiger partial charge in [0.2, 0.25) is 0 Å². The molecule has 3 N–H and O–H groups in total. The molecule has 3 heteroatoms. The average Bonchev–Trinajstić information content (AvgIpc) is 2.33. The fraction of sp³-hybridized carbons (Fsp3) is 0.600. The van der Waals surface area contributed by atoms with E-state index in [1.165, 1.54) is 30.5 Å². The van der Waals surface area contributed by atoms with Crippen molar-refractivity contribution in [3.05, 3.63) is 29.8 Å². The maximum absolute atomic E-state index is 5.47. The lowest BCUT2D eigenvalue weighted by molar-refractivity contribution is 0.402. The van der Waals surface area contributed by atoms with E-state index < -0.39 is 0 Å². The van der Waals surface area contributed by atoms with E-state index in [1.807, 2.05) is 0 Å². The van der Waals surface area contributed by atoms with Gasteiger partial charge < -0.3 is 16.0 Å². The summed E-state index contributed by atoms with van der Waals surface area (Å²) in [6, 6.07) is 8.67. The van der Waals surface area contributed by atoms with Crippen molar-refractivity contribution in [2.45, 2.75) is 32.2 Å². The molecule has 0 atom stereocenters. The second-order valence-electron chi connectivity index (χ2n) is 5.07. The van der Waals surface area contributed by atoms with Gasteiger partial charge in [-0.1, -0.05) is 25.0 Å². The van der Waals surface area contributed by atoms with Crippen LogP contribution in [0.15, 0.2) is 24.3 Å². The van der Waals surface area contributed by atoms with Crippen molar-refractivity contribution < 1.29 is 0 Å². The van der Waals surface area contributed by atoms with Crippen molar-refractivity contribution in [2.24, 2.45) is 5.73 Å². The molecule has 0 aliphatic rings. The molecule has 18 heavy (non-hydrogen) atoms. The van der Waals surface area contributed by atoms with Crippen LogP contribution in [-0.4, -0.2) is 32.1 Å². The number of nitrogens with one attached hydrogen (secondary N) is 1. The highest BCUT2D eigenvalue weighted by atomic mass is 15.0. The van der Waals surface area contributed by atoms with Gasteiger partial charge in [-0.05, 0) is 51.2 Å². The summed E-state index contributed by atoms with van der Waals surface area (Å²) in [5.41, 5.74) is 8.06. The normalized spacial score (nSPS) is 10.9. The van der Waals surface area contributed by atoms with Gasteiger partial charge in [-0.3, -0.25) is 0 Å². The van der Waals surface area contributed by atoms with Gasteiger partial charge in [0.1, 0.15) is 0 Å². The molecular formula is C15H27N3. The van der Waals surface area contributed by atoms with Gasteiger partial charge >= 0.3 is 0 Å². The quantitative estimate of drug-likeness (QED) is 0.661. The summed E-state index contributed by atoms with van der Waals surface area (Å²) in [5, 5.41) is 3.49. The van der Waals surface area contributed by atoms with Gasteiger partial charge in [0.05, 0.1) is 0 Å². The highest BCUT2D eigenvalue weighted by molar-refractivity contribution is 5.45. The van der Waals surface area contributed by atoms with Gasteiger partial charge in [-0.15, -0.1) is 0 Å². The van der Waals surface area contributed by atoms with Crippen LogP contribution < -0.4 is 11.1 Å². The van der Waals surface area contributed by atoms with E-state index in [2.05, 4.69) is 48.6 Å². The lowest BCUT2D eigenvalue weighted by atomic mass is 10.1. The number of unbranched alkanes of at least 4 members (excludes halogenated alkanes) is 3. The van der Waals surface area contributed by atoms with E-state index in [0.29, 0.717) is 0 Å². The molecule has 0 radical (unpaired) electrons. The zero-order valence-electron chi connectivity index (χ0n) is 11.8. The molecule has 3 nitrogen and oxygen atoms in total. The van der Waals surface area contributed by atoms with Crippen LogP contribution in [0.25, 0.3) is 0 Å². The Labute approximate surface area is 111 Å². The summed E-state index contributed by atoms with van der Waals surface area (Å²) >= 11 is 0. The molecular weight excluding hydrogens is 222 g/mol. The minimum atomic E-state index is 0.819. The lowest BCUT2D eigenvalue weighted by Crippen LogP contribution is -2.11. The third-order valence-corrected chi connectivity index (χ3v) is 2.89. The standard InChI is InChI=1S/C15H27N3/c1-18(2)13-14-8-7-9-15(12-14)17-11-6-4-3-5-10-16/h7-9,12,17H,3-6,10-11,13,16H2,1-2H3. The number of benzene rings is 1. The Hall–Kier alpha value is -1.06. The molecule has 1 aromatic rings. The van der Waals surface area contributed by atoms with Crippen LogP contribution in [0.3, 0.4) is 0 Å². The molecule has 0 aromatic heterocycles. The summed E-state index contributed by atoms with van der Waals surface area (Å²) in [6.45, 7) is 2.86. The van der Waals surface area contributed by atoms with Crippen LogP contribution in [0.2, 0.25) is 0 Å². The van der Waals surface area contributed by atoms with Gasteiger partial charge in [-0.2, -0.15) is 0 Å². The van der Waals surface area contributed by atoms with Gasteiger partial charge in [-0.25, -0.2) is 0 Å². The second kappa shape index (κ2) is 8.95. The topological polar surface area (TPSA) is 41.3 Å². The average molecular weight is 249 g/mol. The largest absolute Gasteiger partial charge is 0.385 e. The van der Waals surface area contributed by atoms with E-state index in [0.717, 1.165) is 26.1 Å². The van der Waals surface area contributed by atoms with Crippen molar-refractivity contribution in [3.63, 3.8) is 0 Å². The Morgan fingerprint density at radius 2 is 1.89 bits per heavy atom. The van der Waals surface area contributed by atoms with E-state index in [9.17, 15) is 0 Å². The molecule has 0 heterocycles. The zero-order chi connectivity index (χ0) is 13.2. The van der Waals surface area contributed by atoms with Crippen molar-refractivity contribution in [2.75, 3.05) is 32.5 Å². The minimum Gasteiger partial charge on any atom is -0.385 e. The number of hydrogen-bond acceptors (Lipinski definition) is 3. The maximum Gasteiger partial charge on any atom is 0.0343 e. The van der Waals surface area contributed by atoms with E-state index in [-0.39, 0.29) is 0 Å². The monoisotopic (exact) mass is 249 g/mol. The summed E-state index contributed by atoms with van der Waals surface area (Å²) in [7, 11) is 4.19. The van der Waals surface area contributed by atoms with Crippen LogP contribution in [-0.2, 0) is 6.54 Å². The molecule has 0 aliphatic carbocycles. The molecule has 1 rings (SSSR count). The zero-order valence-corrected chi connectivity index (χ0v) is 11.8. The SMILES string of the molecule is CN(C)Cc1cccc(NCCCCCCN)c1. The van der Waals surface area contributed by atoms with Crippen molar-refractivity contribution >= 4 is 5.69 Å². The van der Waals surface area contributed by atoms with Gasteiger partial charge in [0, 0.05) is 18.8 Å². The number of nitrogens with two attached hydrogens (primary N) is 1. The first-order valence-corrected chi connectivity index (χ1v) is 6.90. The van der Waals surface area contributed by atoms with Crippen molar-refractivity contribution in [3.8, 4) is 0 Å². The Balaban J connectivity index is 2.25. The van der Waals surface area contributed by atoms with Crippen LogP contribution >= 0.6 is 0 Å². The predicted octanol–water partition coefficient (Wildman–Crippen LogP) is 2.68. The smallest absolute Gasteiger partial charge is 0.0343 e. The predicted molar refractivity (Wildman–Crippen MR) is 79.8 cm³/mol. The first kappa shape index (κ1) is 15.0. The van der Waals surface area contributed by atoms with Crippen molar-refractivity contribution in [1.82, 2.24) is 4.90 Å². The number of hydrogen-bond donors (Lipinski definition) is 2. The molecule has 102 valence electrons. The molecule has 0 saturated heterocycles. The van der Waals surface area contributed by atoms with E-state index in [4.69, 9.17) is 5.73 Å². The van der Waals surface area contributed by atoms with Gasteiger partial charge in [0.25, 0.3) is 0 Å². The number of nitrogens with zero attached hydrogens (tertiary/aromatic N) is 1. The first-order chi connectivity index (χ1) is 8.72. The molecule has 0 bridgehead atoms. The minimum absolute atomic E-state index is 0.819. The van der Waals surface area contributed by atoms with Crippen molar-refractivity contribution in [1.29, 1.82) is 0 Å². The summed E-state index contributed by atoms with van der Waals surface area (Å²) in [6.07, 6.45) is 4.89. The summed E-state index contributed by atoms with van der Waals surface area (Å²) in [5.74, 6) is 0. The molecule has 1 aromatic carbocycles. The molecule has 0 fully saturated rings. The molecule has 0 amide bonds. The van der Waals surface area contributed by atoms with Crippen LogP contribution in [0.5, 0.6) is 0 Å². The third kappa shape index (κ3) is 6.62. The summed E-state index contributed by atoms with van der Waals surface area (Å²) < 4.78 is 0. The van der Waals surface area contributed by atoms with Crippen LogP contribution in [0.1, 0.15) is 31.2 Å². The highest BCUT2D eigenvalue weighted by Crippen LogP contribution is 2.12. The first-order valence-electron chi connectivity index (χ1n) is 6.90. The fourth-order valence-corrected chi connectivity index (χ4v) is 2.00. The maximum atomic E-state index is 5.47. The molecule has 0 saturated carbocycles. The van der Waals surface area contributed by atoms with Gasteiger partial charge in [0.15, 0.2) is 0 Å². The molecule has 0 spiro atoms. The molecule has 0 aliphatic heterocycles. The number of rotatable bonds is 9.